The summed E-state index contributed by atoms with van der Waals surface area (Å²) in [5.41, 5.74) is 0.780. The lowest BCUT2D eigenvalue weighted by Crippen LogP contribution is -2.28. The number of nitrogens with one attached hydrogen (secondary N) is 2. The van der Waals surface area contributed by atoms with Crippen LogP contribution < -0.4 is 20.1 Å². The average molecular weight is 348 g/mol. The first-order valence-electron chi connectivity index (χ1n) is 7.76. The van der Waals surface area contributed by atoms with Crippen LogP contribution in [0.4, 0.5) is 14.9 Å². The summed E-state index contributed by atoms with van der Waals surface area (Å²) in [6.07, 6.45) is -0.0659. The van der Waals surface area contributed by atoms with Gasteiger partial charge in [-0.15, -0.1) is 0 Å². The molecule has 2 amide bonds. The Labute approximate surface area is 145 Å². The maximum absolute atomic E-state index is 14.0. The largest absolute Gasteiger partial charge is 0.504 e. The van der Waals surface area contributed by atoms with Crippen LogP contribution in [0.3, 0.4) is 0 Å². The molecule has 0 atom stereocenters. The minimum atomic E-state index is -0.584. The van der Waals surface area contributed by atoms with Crippen LogP contribution in [0.15, 0.2) is 36.4 Å². The fourth-order valence-corrected chi connectivity index (χ4v) is 2.12. The summed E-state index contributed by atoms with van der Waals surface area (Å²) in [6, 6.07) is 8.43. The minimum Gasteiger partial charge on any atom is -0.504 e. The van der Waals surface area contributed by atoms with Crippen LogP contribution in [0, 0.1) is 5.82 Å². The van der Waals surface area contributed by atoms with Crippen molar-refractivity contribution < 1.29 is 23.8 Å². The third-order valence-electron chi connectivity index (χ3n) is 3.26. The van der Waals surface area contributed by atoms with Crippen molar-refractivity contribution in [3.05, 3.63) is 47.8 Å². The Balaban J connectivity index is 1.94. The number of benzene rings is 2. The Morgan fingerprint density at radius 2 is 2.00 bits per heavy atom. The number of aromatic hydroxyl groups is 1. The highest BCUT2D eigenvalue weighted by molar-refractivity contribution is 5.89. The molecule has 2 rings (SSSR count). The van der Waals surface area contributed by atoms with Crippen molar-refractivity contribution in [2.45, 2.75) is 26.5 Å². The second kappa shape index (κ2) is 8.23. The number of rotatable bonds is 6. The quantitative estimate of drug-likeness (QED) is 0.744. The highest BCUT2D eigenvalue weighted by Gasteiger charge is 2.09. The van der Waals surface area contributed by atoms with Gasteiger partial charge in [0.1, 0.15) is 11.6 Å². The Bertz CT molecular complexity index is 750. The molecule has 3 N–H and O–H groups in total. The number of ether oxygens (including phenoxy) is 2. The smallest absolute Gasteiger partial charge is 0.319 e. The fourth-order valence-electron chi connectivity index (χ4n) is 2.12. The molecule has 0 heterocycles. The number of phenols is 1. The summed E-state index contributed by atoms with van der Waals surface area (Å²) in [7, 11) is 1.44. The number of carbonyl (C=O) groups excluding carboxylic acids is 1. The molecule has 0 radical (unpaired) electrons. The topological polar surface area (TPSA) is 79.8 Å². The molecule has 0 saturated heterocycles. The van der Waals surface area contributed by atoms with Gasteiger partial charge in [0, 0.05) is 12.6 Å². The highest BCUT2D eigenvalue weighted by Crippen LogP contribution is 2.26. The second-order valence-electron chi connectivity index (χ2n) is 5.62. The zero-order valence-corrected chi connectivity index (χ0v) is 14.3. The predicted octanol–water partition coefficient (Wildman–Crippen LogP) is 3.65. The van der Waals surface area contributed by atoms with E-state index in [2.05, 4.69) is 10.6 Å². The van der Waals surface area contributed by atoms with Gasteiger partial charge >= 0.3 is 6.03 Å². The van der Waals surface area contributed by atoms with Gasteiger partial charge in [0.15, 0.2) is 11.5 Å². The van der Waals surface area contributed by atoms with Crippen LogP contribution in [0.2, 0.25) is 0 Å². The van der Waals surface area contributed by atoms with E-state index in [0.29, 0.717) is 11.5 Å². The van der Waals surface area contributed by atoms with Crippen molar-refractivity contribution in [1.29, 1.82) is 0 Å². The van der Waals surface area contributed by atoms with Crippen molar-refractivity contribution in [2.75, 3.05) is 12.4 Å². The summed E-state index contributed by atoms with van der Waals surface area (Å²) in [5, 5.41) is 14.6. The van der Waals surface area contributed by atoms with Crippen molar-refractivity contribution >= 4 is 11.7 Å². The van der Waals surface area contributed by atoms with Crippen LogP contribution in [-0.4, -0.2) is 24.4 Å². The molecule has 0 aromatic heterocycles. The van der Waals surface area contributed by atoms with E-state index in [1.165, 1.54) is 25.3 Å². The van der Waals surface area contributed by atoms with Gasteiger partial charge in [-0.1, -0.05) is 6.07 Å². The number of anilines is 1. The first-order chi connectivity index (χ1) is 11.9. The summed E-state index contributed by atoms with van der Waals surface area (Å²) >= 11 is 0. The lowest BCUT2D eigenvalue weighted by molar-refractivity contribution is 0.241. The molecule has 0 unspecified atom stereocenters. The molecule has 0 aliphatic rings. The van der Waals surface area contributed by atoms with Crippen molar-refractivity contribution in [3.8, 4) is 17.2 Å². The number of hydrogen-bond donors (Lipinski definition) is 3. The Kier molecular flexibility index (Phi) is 6.05. The molecule has 0 aliphatic heterocycles. The summed E-state index contributed by atoms with van der Waals surface area (Å²) in [6.45, 7) is 3.88. The number of urea groups is 1. The van der Waals surface area contributed by atoms with Crippen LogP contribution in [0.1, 0.15) is 19.4 Å². The zero-order valence-electron chi connectivity index (χ0n) is 14.3. The van der Waals surface area contributed by atoms with Gasteiger partial charge in [0.25, 0.3) is 0 Å². The normalized spacial score (nSPS) is 10.4. The third kappa shape index (κ3) is 5.27. The molecule has 0 bridgehead atoms. The molecular weight excluding hydrogens is 327 g/mol. The monoisotopic (exact) mass is 348 g/mol. The van der Waals surface area contributed by atoms with Crippen molar-refractivity contribution in [3.63, 3.8) is 0 Å². The van der Waals surface area contributed by atoms with Gasteiger partial charge in [-0.05, 0) is 43.7 Å². The zero-order chi connectivity index (χ0) is 18.4. The molecular formula is C18H21FN2O4. The van der Waals surface area contributed by atoms with E-state index in [0.717, 1.165) is 5.56 Å². The molecule has 6 nitrogen and oxygen atoms in total. The SMILES string of the molecule is COc1cc(CNC(=O)Nc2ccc(OC(C)C)cc2F)ccc1O. The van der Waals surface area contributed by atoms with E-state index in [-0.39, 0.29) is 24.1 Å². The first kappa shape index (κ1) is 18.4. The number of methoxy groups -OCH3 is 1. The van der Waals surface area contributed by atoms with Crippen LogP contribution in [-0.2, 0) is 6.54 Å². The van der Waals surface area contributed by atoms with E-state index >= 15 is 0 Å². The van der Waals surface area contributed by atoms with Crippen LogP contribution in [0.5, 0.6) is 17.2 Å². The number of amides is 2. The molecule has 0 saturated carbocycles. The Morgan fingerprint density at radius 3 is 2.64 bits per heavy atom. The number of phenolic OH excluding ortho intramolecular Hbond substituents is 1. The highest BCUT2D eigenvalue weighted by atomic mass is 19.1. The van der Waals surface area contributed by atoms with Crippen LogP contribution >= 0.6 is 0 Å². The molecule has 25 heavy (non-hydrogen) atoms. The maximum Gasteiger partial charge on any atom is 0.319 e. The lowest BCUT2D eigenvalue weighted by Gasteiger charge is -2.12. The third-order valence-corrected chi connectivity index (χ3v) is 3.26. The predicted molar refractivity (Wildman–Crippen MR) is 92.7 cm³/mol. The van der Waals surface area contributed by atoms with E-state index in [1.807, 2.05) is 13.8 Å². The molecule has 0 aliphatic carbocycles. The Hall–Kier alpha value is -2.96. The van der Waals surface area contributed by atoms with Crippen molar-refractivity contribution in [1.82, 2.24) is 5.32 Å². The number of hydrogen-bond acceptors (Lipinski definition) is 4. The summed E-state index contributed by atoms with van der Waals surface area (Å²) in [5.74, 6) is 0.141. The van der Waals surface area contributed by atoms with E-state index in [9.17, 15) is 14.3 Å². The molecule has 0 fully saturated rings. The lowest BCUT2D eigenvalue weighted by atomic mass is 10.2. The maximum atomic E-state index is 14.0. The van der Waals surface area contributed by atoms with Crippen LogP contribution in [0.25, 0.3) is 0 Å². The average Bonchev–Trinajstić information content (AvgIpc) is 2.56. The van der Waals surface area contributed by atoms with Gasteiger partial charge in [-0.25, -0.2) is 9.18 Å². The second-order valence-corrected chi connectivity index (χ2v) is 5.62. The molecule has 2 aromatic rings. The van der Waals surface area contributed by atoms with Crippen molar-refractivity contribution in [2.24, 2.45) is 0 Å². The number of carbonyl (C=O) groups is 1. The Morgan fingerprint density at radius 1 is 1.24 bits per heavy atom. The first-order valence-corrected chi connectivity index (χ1v) is 7.76. The molecule has 2 aromatic carbocycles. The molecule has 7 heteroatoms. The standard InChI is InChI=1S/C18H21FN2O4/c1-11(2)25-13-5-6-15(14(19)9-13)21-18(23)20-10-12-4-7-16(22)17(8-12)24-3/h4-9,11,22H,10H2,1-3H3,(H2,20,21,23). The van der Waals surface area contributed by atoms with E-state index in [4.69, 9.17) is 9.47 Å². The minimum absolute atomic E-state index is 0.0153. The summed E-state index contributed by atoms with van der Waals surface area (Å²) in [4.78, 5) is 11.9. The fraction of sp³-hybridized carbons (Fsp3) is 0.278. The van der Waals surface area contributed by atoms with E-state index in [1.54, 1.807) is 18.2 Å². The van der Waals surface area contributed by atoms with Gasteiger partial charge < -0.3 is 25.2 Å². The molecule has 134 valence electrons. The molecule has 0 spiro atoms. The van der Waals surface area contributed by atoms with Gasteiger partial charge in [0.05, 0.1) is 18.9 Å². The van der Waals surface area contributed by atoms with Gasteiger partial charge in [0.2, 0.25) is 0 Å². The van der Waals surface area contributed by atoms with Gasteiger partial charge in [-0.3, -0.25) is 0 Å². The number of halogens is 1. The van der Waals surface area contributed by atoms with Gasteiger partial charge in [-0.2, -0.15) is 0 Å². The summed E-state index contributed by atoms with van der Waals surface area (Å²) < 4.78 is 24.4. The van der Waals surface area contributed by atoms with E-state index < -0.39 is 11.8 Å².